The SMILES string of the molecule is O=C(CS(=O)(=O)c1cn(CC(=O)N2CCCC2)c2ccccc12)Nc1ccc(OC(F)(F)F)cc1. The van der Waals surface area contributed by atoms with E-state index in [1.54, 1.807) is 33.7 Å². The maximum absolute atomic E-state index is 13.1. The van der Waals surface area contributed by atoms with Gasteiger partial charge in [0.2, 0.25) is 11.8 Å². The molecule has 35 heavy (non-hydrogen) atoms. The number of alkyl halides is 3. The molecule has 1 aliphatic rings. The smallest absolute Gasteiger partial charge is 0.406 e. The van der Waals surface area contributed by atoms with Gasteiger partial charge in [0, 0.05) is 35.9 Å². The molecule has 186 valence electrons. The lowest BCUT2D eigenvalue weighted by Gasteiger charge is -2.15. The summed E-state index contributed by atoms with van der Waals surface area (Å²) in [5.74, 6) is -2.33. The van der Waals surface area contributed by atoms with Gasteiger partial charge in [0.1, 0.15) is 18.0 Å². The van der Waals surface area contributed by atoms with Gasteiger partial charge in [-0.3, -0.25) is 9.59 Å². The number of hydrogen-bond acceptors (Lipinski definition) is 5. The van der Waals surface area contributed by atoms with Gasteiger partial charge < -0.3 is 19.5 Å². The summed E-state index contributed by atoms with van der Waals surface area (Å²) in [5.41, 5.74) is 0.664. The average molecular weight is 510 g/mol. The van der Waals surface area contributed by atoms with E-state index in [0.29, 0.717) is 24.0 Å². The minimum atomic E-state index is -4.85. The Balaban J connectivity index is 1.50. The number of nitrogens with zero attached hydrogens (tertiary/aromatic N) is 2. The van der Waals surface area contributed by atoms with Crippen LogP contribution < -0.4 is 10.1 Å². The summed E-state index contributed by atoms with van der Waals surface area (Å²) in [6.07, 6.45) is -1.61. The molecule has 0 unspecified atom stereocenters. The second kappa shape index (κ2) is 9.61. The lowest BCUT2D eigenvalue weighted by atomic mass is 10.2. The van der Waals surface area contributed by atoms with Crippen LogP contribution in [-0.2, 0) is 26.0 Å². The maximum Gasteiger partial charge on any atom is 0.573 e. The maximum atomic E-state index is 13.1. The van der Waals surface area contributed by atoms with Crippen LogP contribution in [0.2, 0.25) is 0 Å². The number of sulfone groups is 1. The van der Waals surface area contributed by atoms with Crippen molar-refractivity contribution < 1.29 is 35.9 Å². The number of fused-ring (bicyclic) bond motifs is 1. The predicted molar refractivity (Wildman–Crippen MR) is 122 cm³/mol. The molecule has 3 aromatic rings. The second-order valence-corrected chi connectivity index (χ2v) is 10.1. The van der Waals surface area contributed by atoms with Gasteiger partial charge in [-0.2, -0.15) is 0 Å². The van der Waals surface area contributed by atoms with Crippen molar-refractivity contribution in [1.82, 2.24) is 9.47 Å². The lowest BCUT2D eigenvalue weighted by Crippen LogP contribution is -2.30. The Labute approximate surface area is 199 Å². The monoisotopic (exact) mass is 509 g/mol. The van der Waals surface area contributed by atoms with Gasteiger partial charge in [-0.25, -0.2) is 8.42 Å². The van der Waals surface area contributed by atoms with Gasteiger partial charge in [-0.15, -0.1) is 13.2 Å². The molecule has 1 fully saturated rings. The van der Waals surface area contributed by atoms with Crippen LogP contribution in [0.15, 0.2) is 59.6 Å². The molecule has 1 saturated heterocycles. The first-order valence-electron chi connectivity index (χ1n) is 10.8. The Kier molecular flexibility index (Phi) is 6.75. The number of carbonyl (C=O) groups excluding carboxylic acids is 2. The third-order valence-corrected chi connectivity index (χ3v) is 7.18. The molecule has 2 aromatic carbocycles. The Morgan fingerprint density at radius 2 is 1.66 bits per heavy atom. The molecule has 0 atom stereocenters. The van der Waals surface area contributed by atoms with Crippen LogP contribution in [0.1, 0.15) is 12.8 Å². The number of benzene rings is 2. The van der Waals surface area contributed by atoms with E-state index in [-0.39, 0.29) is 23.0 Å². The van der Waals surface area contributed by atoms with Crippen LogP contribution in [0.4, 0.5) is 18.9 Å². The average Bonchev–Trinajstić information content (AvgIpc) is 3.43. The largest absolute Gasteiger partial charge is 0.573 e. The van der Waals surface area contributed by atoms with Crippen molar-refractivity contribution in [2.75, 3.05) is 24.2 Å². The summed E-state index contributed by atoms with van der Waals surface area (Å²) in [4.78, 5) is 26.7. The number of halogens is 3. The topological polar surface area (TPSA) is 97.7 Å². The highest BCUT2D eigenvalue weighted by molar-refractivity contribution is 7.92. The molecule has 4 rings (SSSR count). The van der Waals surface area contributed by atoms with Crippen LogP contribution in [0.5, 0.6) is 5.75 Å². The minimum Gasteiger partial charge on any atom is -0.406 e. The zero-order valence-electron chi connectivity index (χ0n) is 18.4. The number of aromatic nitrogens is 1. The Morgan fingerprint density at radius 3 is 2.31 bits per heavy atom. The first-order chi connectivity index (χ1) is 16.5. The normalized spacial score (nSPS) is 14.3. The molecule has 2 amide bonds. The molecule has 1 aromatic heterocycles. The fourth-order valence-electron chi connectivity index (χ4n) is 3.99. The molecule has 0 bridgehead atoms. The highest BCUT2D eigenvalue weighted by Crippen LogP contribution is 2.27. The molecule has 0 saturated carbocycles. The van der Waals surface area contributed by atoms with Crippen molar-refractivity contribution in [1.29, 1.82) is 0 Å². The van der Waals surface area contributed by atoms with E-state index in [9.17, 15) is 31.2 Å². The zero-order chi connectivity index (χ0) is 25.2. The molecule has 12 heteroatoms. The third kappa shape index (κ3) is 5.94. The third-order valence-electron chi connectivity index (χ3n) is 5.54. The molecular formula is C23H22F3N3O5S. The van der Waals surface area contributed by atoms with Crippen LogP contribution in [-0.4, -0.2) is 54.9 Å². The number of rotatable bonds is 7. The number of nitrogens with one attached hydrogen (secondary N) is 1. The summed E-state index contributed by atoms with van der Waals surface area (Å²) in [6.45, 7) is 1.33. The molecule has 1 aliphatic heterocycles. The van der Waals surface area contributed by atoms with Crippen molar-refractivity contribution >= 4 is 38.2 Å². The number of ether oxygens (including phenoxy) is 1. The van der Waals surface area contributed by atoms with E-state index in [1.165, 1.54) is 18.3 Å². The fourth-order valence-corrected chi connectivity index (χ4v) is 5.36. The molecule has 2 heterocycles. The Bertz CT molecular complexity index is 1340. The minimum absolute atomic E-state index is 0.0193. The van der Waals surface area contributed by atoms with Crippen molar-refractivity contribution in [2.45, 2.75) is 30.6 Å². The van der Waals surface area contributed by atoms with Gasteiger partial charge in [0.05, 0.1) is 4.90 Å². The predicted octanol–water partition coefficient (Wildman–Crippen LogP) is 3.57. The van der Waals surface area contributed by atoms with Crippen LogP contribution in [0, 0.1) is 0 Å². The summed E-state index contributed by atoms with van der Waals surface area (Å²) in [5, 5.41) is 2.75. The summed E-state index contributed by atoms with van der Waals surface area (Å²) >= 11 is 0. The first-order valence-corrected chi connectivity index (χ1v) is 12.4. The highest BCUT2D eigenvalue weighted by atomic mass is 32.2. The molecule has 0 aliphatic carbocycles. The van der Waals surface area contributed by atoms with Crippen molar-refractivity contribution in [3.63, 3.8) is 0 Å². The van der Waals surface area contributed by atoms with Gasteiger partial charge in [-0.1, -0.05) is 18.2 Å². The van der Waals surface area contributed by atoms with E-state index in [1.807, 2.05) is 0 Å². The number of para-hydroxylation sites is 1. The van der Waals surface area contributed by atoms with Crippen LogP contribution in [0.3, 0.4) is 0 Å². The standard InChI is InChI=1S/C23H22F3N3O5S/c24-23(25,26)34-17-9-7-16(8-10-17)27-21(30)15-35(32,33)20-13-29(19-6-2-1-5-18(19)20)14-22(31)28-11-3-4-12-28/h1-2,5-10,13H,3-4,11-12,14-15H2,(H,27,30). The summed E-state index contributed by atoms with van der Waals surface area (Å²) in [6, 6.07) is 11.0. The quantitative estimate of drug-likeness (QED) is 0.525. The van der Waals surface area contributed by atoms with Gasteiger partial charge in [0.25, 0.3) is 0 Å². The van der Waals surface area contributed by atoms with Crippen molar-refractivity contribution in [3.8, 4) is 5.75 Å². The fraction of sp³-hybridized carbons (Fsp3) is 0.304. The highest BCUT2D eigenvalue weighted by Gasteiger charge is 2.31. The Hall–Kier alpha value is -3.54. The number of amides is 2. The number of likely N-dealkylation sites (tertiary alicyclic amines) is 1. The molecular weight excluding hydrogens is 487 g/mol. The Morgan fingerprint density at radius 1 is 1.00 bits per heavy atom. The van der Waals surface area contributed by atoms with E-state index >= 15 is 0 Å². The van der Waals surface area contributed by atoms with E-state index in [2.05, 4.69) is 10.1 Å². The van der Waals surface area contributed by atoms with E-state index in [0.717, 1.165) is 25.0 Å². The summed E-state index contributed by atoms with van der Waals surface area (Å²) in [7, 11) is -4.10. The number of hydrogen-bond donors (Lipinski definition) is 1. The summed E-state index contributed by atoms with van der Waals surface area (Å²) < 4.78 is 68.4. The van der Waals surface area contributed by atoms with Gasteiger partial charge in [-0.05, 0) is 43.2 Å². The van der Waals surface area contributed by atoms with E-state index < -0.39 is 33.6 Å². The zero-order valence-corrected chi connectivity index (χ0v) is 19.2. The van der Waals surface area contributed by atoms with Crippen molar-refractivity contribution in [2.24, 2.45) is 0 Å². The number of carbonyl (C=O) groups is 2. The second-order valence-electron chi connectivity index (χ2n) is 8.11. The number of anilines is 1. The van der Waals surface area contributed by atoms with Crippen molar-refractivity contribution in [3.05, 3.63) is 54.7 Å². The van der Waals surface area contributed by atoms with Crippen LogP contribution >= 0.6 is 0 Å². The molecule has 1 N–H and O–H groups in total. The lowest BCUT2D eigenvalue weighted by molar-refractivity contribution is -0.274. The molecule has 8 nitrogen and oxygen atoms in total. The first kappa shape index (κ1) is 24.6. The molecule has 0 spiro atoms. The van der Waals surface area contributed by atoms with Gasteiger partial charge >= 0.3 is 6.36 Å². The van der Waals surface area contributed by atoms with E-state index in [4.69, 9.17) is 0 Å². The van der Waals surface area contributed by atoms with Gasteiger partial charge in [0.15, 0.2) is 9.84 Å². The molecule has 0 radical (unpaired) electrons. The van der Waals surface area contributed by atoms with Crippen LogP contribution in [0.25, 0.3) is 10.9 Å².